The van der Waals surface area contributed by atoms with Gasteiger partial charge in [0.2, 0.25) is 5.91 Å². The van der Waals surface area contributed by atoms with Crippen molar-refractivity contribution in [2.45, 2.75) is 68.7 Å². The Morgan fingerprint density at radius 3 is 2.77 bits per heavy atom. The van der Waals surface area contributed by atoms with Gasteiger partial charge >= 0.3 is 0 Å². The smallest absolute Gasteiger partial charge is 0.246 e. The monoisotopic (exact) mass is 472 g/mol. The summed E-state index contributed by atoms with van der Waals surface area (Å²) in [6.07, 6.45) is 6.52. The Hall–Kier alpha value is -2.63. The molecule has 2 heterocycles. The van der Waals surface area contributed by atoms with Gasteiger partial charge in [-0.05, 0) is 68.5 Å². The molecule has 1 amide bonds. The minimum Gasteiger partial charge on any atom is -0.487 e. The SMILES string of the molecule is CC(C)CN(C(=O)C=Cc1ccccc1)[C@@H]1CC[C@@]2(O)[C@H]3Cc4cccc5c4[C@@]2(CCN3C)[C@H]1O5. The third-order valence-corrected chi connectivity index (χ3v) is 9.06. The van der Waals surface area contributed by atoms with Crippen LogP contribution in [-0.2, 0) is 16.6 Å². The van der Waals surface area contributed by atoms with E-state index in [9.17, 15) is 9.90 Å². The third kappa shape index (κ3) is 3.24. The van der Waals surface area contributed by atoms with Gasteiger partial charge in [0, 0.05) is 24.2 Å². The summed E-state index contributed by atoms with van der Waals surface area (Å²) in [6, 6.07) is 16.3. The van der Waals surface area contributed by atoms with Crippen LogP contribution in [0.3, 0.4) is 0 Å². The first-order valence-corrected chi connectivity index (χ1v) is 13.1. The van der Waals surface area contributed by atoms with Crippen LogP contribution < -0.4 is 4.74 Å². The molecule has 5 nitrogen and oxygen atoms in total. The molecule has 0 unspecified atom stereocenters. The molecule has 5 atom stereocenters. The van der Waals surface area contributed by atoms with Gasteiger partial charge in [0.1, 0.15) is 11.9 Å². The normalized spacial score (nSPS) is 33.0. The van der Waals surface area contributed by atoms with Gasteiger partial charge in [-0.1, -0.05) is 56.3 Å². The molecule has 1 saturated carbocycles. The van der Waals surface area contributed by atoms with Crippen LogP contribution in [0.25, 0.3) is 6.08 Å². The molecule has 1 saturated heterocycles. The number of likely N-dealkylation sites (N-methyl/N-ethyl adjacent to an activating group) is 1. The van der Waals surface area contributed by atoms with Gasteiger partial charge in [-0.3, -0.25) is 4.79 Å². The van der Waals surface area contributed by atoms with Gasteiger partial charge in [-0.2, -0.15) is 0 Å². The van der Waals surface area contributed by atoms with E-state index in [2.05, 4.69) is 44.0 Å². The summed E-state index contributed by atoms with van der Waals surface area (Å²) in [7, 11) is 2.14. The number of piperidine rings is 1. The number of ether oxygens (including phenoxy) is 1. The molecular weight excluding hydrogens is 436 g/mol. The Balaban J connectivity index is 1.41. The second-order valence-electron chi connectivity index (χ2n) is 11.4. The van der Waals surface area contributed by atoms with Crippen LogP contribution in [0.5, 0.6) is 5.75 Å². The average molecular weight is 473 g/mol. The van der Waals surface area contributed by atoms with E-state index in [1.807, 2.05) is 41.3 Å². The molecule has 4 aliphatic rings. The van der Waals surface area contributed by atoms with Gasteiger partial charge in [0.15, 0.2) is 0 Å². The molecule has 5 heteroatoms. The summed E-state index contributed by atoms with van der Waals surface area (Å²) in [6.45, 7) is 5.92. The number of hydrogen-bond donors (Lipinski definition) is 1. The molecule has 0 radical (unpaired) electrons. The second-order valence-corrected chi connectivity index (χ2v) is 11.4. The van der Waals surface area contributed by atoms with E-state index in [1.165, 1.54) is 11.1 Å². The van der Waals surface area contributed by atoms with Crippen molar-refractivity contribution in [3.8, 4) is 5.75 Å². The zero-order valence-electron chi connectivity index (χ0n) is 21.0. The Bertz CT molecular complexity index is 1160. The van der Waals surface area contributed by atoms with Crippen molar-refractivity contribution >= 4 is 12.0 Å². The van der Waals surface area contributed by atoms with Crippen molar-refractivity contribution in [3.63, 3.8) is 0 Å². The number of amides is 1. The number of aliphatic hydroxyl groups is 1. The van der Waals surface area contributed by atoms with E-state index in [0.29, 0.717) is 18.9 Å². The summed E-state index contributed by atoms with van der Waals surface area (Å²) >= 11 is 0. The van der Waals surface area contributed by atoms with Crippen LogP contribution in [0, 0.1) is 5.92 Å². The Kier molecular flexibility index (Phi) is 5.35. The van der Waals surface area contributed by atoms with Crippen molar-refractivity contribution in [2.24, 2.45) is 5.92 Å². The molecule has 2 aliphatic carbocycles. The second kappa shape index (κ2) is 8.21. The Labute approximate surface area is 208 Å². The maximum Gasteiger partial charge on any atom is 0.246 e. The summed E-state index contributed by atoms with van der Waals surface area (Å²) < 4.78 is 6.77. The largest absolute Gasteiger partial charge is 0.487 e. The minimum absolute atomic E-state index is 0.0226. The molecule has 2 bridgehead atoms. The molecular formula is C30H36N2O3. The molecule has 6 rings (SSSR count). The van der Waals surface area contributed by atoms with Crippen LogP contribution in [0.1, 0.15) is 49.8 Å². The number of hydrogen-bond acceptors (Lipinski definition) is 4. The van der Waals surface area contributed by atoms with Crippen molar-refractivity contribution < 1.29 is 14.6 Å². The summed E-state index contributed by atoms with van der Waals surface area (Å²) in [5, 5.41) is 12.4. The first kappa shape index (κ1) is 22.8. The van der Waals surface area contributed by atoms with Crippen LogP contribution in [0.4, 0.5) is 0 Å². The molecule has 0 aromatic heterocycles. The number of carbonyl (C=O) groups excluding carboxylic acids is 1. The molecule has 184 valence electrons. The van der Waals surface area contributed by atoms with Crippen molar-refractivity contribution in [2.75, 3.05) is 20.1 Å². The van der Waals surface area contributed by atoms with E-state index >= 15 is 0 Å². The maximum absolute atomic E-state index is 13.7. The lowest BCUT2D eigenvalue weighted by Gasteiger charge is -2.64. The Morgan fingerprint density at radius 1 is 1.20 bits per heavy atom. The maximum atomic E-state index is 13.7. The quantitative estimate of drug-likeness (QED) is 0.668. The highest BCUT2D eigenvalue weighted by Crippen LogP contribution is 2.64. The first-order valence-electron chi connectivity index (χ1n) is 13.1. The van der Waals surface area contributed by atoms with Gasteiger partial charge in [-0.25, -0.2) is 0 Å². The number of carbonyl (C=O) groups is 1. The molecule has 2 aliphatic heterocycles. The van der Waals surface area contributed by atoms with E-state index in [0.717, 1.165) is 37.1 Å². The predicted octanol–water partition coefficient (Wildman–Crippen LogP) is 4.04. The lowest BCUT2D eigenvalue weighted by Crippen LogP contribution is -2.78. The molecule has 2 aromatic carbocycles. The number of benzene rings is 2. The van der Waals surface area contributed by atoms with Crippen LogP contribution in [-0.4, -0.2) is 64.7 Å². The lowest BCUT2D eigenvalue weighted by molar-refractivity contribution is -0.197. The molecule has 1 spiro atoms. The van der Waals surface area contributed by atoms with Gasteiger partial charge in [-0.15, -0.1) is 0 Å². The predicted molar refractivity (Wildman–Crippen MR) is 137 cm³/mol. The standard InChI is InChI=1S/C30H36N2O3/c1-20(2)19-32(26(33)13-12-21-8-5-4-6-9-21)23-14-15-30(34)25-18-22-10-7-11-24-27(22)29(30,28(23)35-24)16-17-31(25)3/h4-13,20,23,25,28,34H,14-19H2,1-3H3/t23-,25-,28+,29+,30-/m1/s1. The third-order valence-electron chi connectivity index (χ3n) is 9.06. The van der Waals surface area contributed by atoms with Crippen LogP contribution >= 0.6 is 0 Å². The van der Waals surface area contributed by atoms with E-state index in [-0.39, 0.29) is 24.1 Å². The fraction of sp³-hybridized carbons (Fsp3) is 0.500. The van der Waals surface area contributed by atoms with Crippen molar-refractivity contribution in [1.29, 1.82) is 0 Å². The number of nitrogens with zero attached hydrogens (tertiary/aromatic N) is 2. The first-order chi connectivity index (χ1) is 16.8. The van der Waals surface area contributed by atoms with E-state index in [4.69, 9.17) is 4.74 Å². The number of likely N-dealkylation sites (tertiary alicyclic amines) is 1. The zero-order valence-corrected chi connectivity index (χ0v) is 21.0. The molecule has 2 fully saturated rings. The van der Waals surface area contributed by atoms with Crippen LogP contribution in [0.2, 0.25) is 0 Å². The number of rotatable bonds is 5. The lowest BCUT2D eigenvalue weighted by atomic mass is 9.48. The van der Waals surface area contributed by atoms with E-state index < -0.39 is 11.0 Å². The summed E-state index contributed by atoms with van der Waals surface area (Å²) in [5.74, 6) is 1.27. The molecule has 35 heavy (non-hydrogen) atoms. The fourth-order valence-electron chi connectivity index (χ4n) is 7.63. The zero-order chi connectivity index (χ0) is 24.4. The topological polar surface area (TPSA) is 53.0 Å². The molecule has 2 aromatic rings. The molecule has 1 N–H and O–H groups in total. The highest BCUT2D eigenvalue weighted by Gasteiger charge is 2.72. The van der Waals surface area contributed by atoms with Gasteiger partial charge < -0.3 is 19.6 Å². The summed E-state index contributed by atoms with van der Waals surface area (Å²) in [5.41, 5.74) is 2.24. The van der Waals surface area contributed by atoms with E-state index in [1.54, 1.807) is 6.08 Å². The summed E-state index contributed by atoms with van der Waals surface area (Å²) in [4.78, 5) is 18.1. The van der Waals surface area contributed by atoms with Gasteiger partial charge in [0.25, 0.3) is 0 Å². The van der Waals surface area contributed by atoms with Gasteiger partial charge in [0.05, 0.1) is 17.1 Å². The highest BCUT2D eigenvalue weighted by atomic mass is 16.5. The minimum atomic E-state index is -0.840. The van der Waals surface area contributed by atoms with Crippen molar-refractivity contribution in [1.82, 2.24) is 9.80 Å². The van der Waals surface area contributed by atoms with Crippen molar-refractivity contribution in [3.05, 3.63) is 71.3 Å². The Morgan fingerprint density at radius 2 is 2.00 bits per heavy atom. The van der Waals surface area contributed by atoms with Crippen LogP contribution in [0.15, 0.2) is 54.6 Å². The fourth-order valence-corrected chi connectivity index (χ4v) is 7.63. The highest BCUT2D eigenvalue weighted by molar-refractivity contribution is 5.92. The average Bonchev–Trinajstić information content (AvgIpc) is 3.19.